The summed E-state index contributed by atoms with van der Waals surface area (Å²) < 4.78 is 2.14. The van der Waals surface area contributed by atoms with Gasteiger partial charge in [0.2, 0.25) is 0 Å². The number of aldehydes is 1. The molecule has 3 aromatic rings. The zero-order chi connectivity index (χ0) is 19.1. The third kappa shape index (κ3) is 4.14. The third-order valence-electron chi connectivity index (χ3n) is 4.52. The van der Waals surface area contributed by atoms with E-state index in [0.717, 1.165) is 42.5 Å². The lowest BCUT2D eigenvalue weighted by Gasteiger charge is -2.11. The van der Waals surface area contributed by atoms with Crippen LogP contribution < -0.4 is 0 Å². The second-order valence-corrected chi connectivity index (χ2v) is 6.41. The van der Waals surface area contributed by atoms with E-state index in [9.17, 15) is 9.59 Å². The van der Waals surface area contributed by atoms with E-state index in [-0.39, 0.29) is 5.78 Å². The lowest BCUT2D eigenvalue weighted by Crippen LogP contribution is -2.06. The molecule has 0 fully saturated rings. The summed E-state index contributed by atoms with van der Waals surface area (Å²) in [6.45, 7) is 2.97. The van der Waals surface area contributed by atoms with Crippen LogP contribution in [-0.2, 0) is 11.3 Å². The molecule has 136 valence electrons. The van der Waals surface area contributed by atoms with Crippen LogP contribution in [0.5, 0.6) is 0 Å². The smallest absolute Gasteiger partial charge is 0.195 e. The van der Waals surface area contributed by atoms with Crippen LogP contribution in [-0.4, -0.2) is 16.6 Å². The first-order valence-electron chi connectivity index (χ1n) is 9.26. The molecule has 0 unspecified atom stereocenters. The maximum Gasteiger partial charge on any atom is 0.195 e. The molecular weight excluding hydrogens is 334 g/mol. The van der Waals surface area contributed by atoms with Gasteiger partial charge in [-0.25, -0.2) is 0 Å². The van der Waals surface area contributed by atoms with E-state index < -0.39 is 0 Å². The zero-order valence-corrected chi connectivity index (χ0v) is 15.5. The first kappa shape index (κ1) is 18.6. The molecule has 0 aliphatic carbocycles. The van der Waals surface area contributed by atoms with Crippen LogP contribution in [0.1, 0.15) is 41.3 Å². The van der Waals surface area contributed by atoms with Crippen molar-refractivity contribution in [3.05, 3.63) is 89.6 Å². The molecule has 0 bridgehead atoms. The first-order valence-corrected chi connectivity index (χ1v) is 9.26. The van der Waals surface area contributed by atoms with Crippen LogP contribution in [0.2, 0.25) is 0 Å². The van der Waals surface area contributed by atoms with Crippen LogP contribution in [0.15, 0.2) is 72.9 Å². The molecule has 0 aliphatic heterocycles. The van der Waals surface area contributed by atoms with Gasteiger partial charge in [-0.3, -0.25) is 9.59 Å². The number of unbranched alkanes of at least 4 members (excludes halogenated alkanes) is 1. The molecule has 0 spiro atoms. The van der Waals surface area contributed by atoms with Gasteiger partial charge >= 0.3 is 0 Å². The van der Waals surface area contributed by atoms with Gasteiger partial charge < -0.3 is 4.57 Å². The van der Waals surface area contributed by atoms with Crippen molar-refractivity contribution >= 4 is 18.1 Å². The molecule has 1 heterocycles. The molecule has 2 aromatic carbocycles. The van der Waals surface area contributed by atoms with Gasteiger partial charge in [-0.05, 0) is 24.1 Å². The fraction of sp³-hybridized carbons (Fsp3) is 0.167. The summed E-state index contributed by atoms with van der Waals surface area (Å²) in [5, 5.41) is 0. The van der Waals surface area contributed by atoms with Gasteiger partial charge in [-0.15, -0.1) is 0 Å². The number of carbonyl (C=O) groups is 2. The minimum absolute atomic E-state index is 0.0322. The van der Waals surface area contributed by atoms with Crippen molar-refractivity contribution in [2.24, 2.45) is 0 Å². The lowest BCUT2D eigenvalue weighted by molar-refractivity contribution is -0.104. The maximum absolute atomic E-state index is 13.4. The van der Waals surface area contributed by atoms with E-state index in [1.165, 1.54) is 6.08 Å². The average Bonchev–Trinajstić information content (AvgIpc) is 3.09. The van der Waals surface area contributed by atoms with Gasteiger partial charge in [0.1, 0.15) is 6.29 Å². The van der Waals surface area contributed by atoms with Crippen molar-refractivity contribution in [1.82, 2.24) is 4.57 Å². The van der Waals surface area contributed by atoms with E-state index in [4.69, 9.17) is 0 Å². The van der Waals surface area contributed by atoms with Gasteiger partial charge in [0.15, 0.2) is 5.78 Å². The van der Waals surface area contributed by atoms with Crippen molar-refractivity contribution in [2.45, 2.75) is 26.3 Å². The Balaban J connectivity index is 2.23. The quantitative estimate of drug-likeness (QED) is 0.308. The van der Waals surface area contributed by atoms with Crippen LogP contribution in [0.3, 0.4) is 0 Å². The molecule has 3 heteroatoms. The summed E-state index contributed by atoms with van der Waals surface area (Å²) in [5.74, 6) is -0.0322. The van der Waals surface area contributed by atoms with Crippen LogP contribution in [0.25, 0.3) is 17.3 Å². The predicted molar refractivity (Wildman–Crippen MR) is 110 cm³/mol. The molecule has 3 nitrogen and oxygen atoms in total. The van der Waals surface area contributed by atoms with Gasteiger partial charge in [0, 0.05) is 23.9 Å². The van der Waals surface area contributed by atoms with Gasteiger partial charge in [-0.2, -0.15) is 0 Å². The molecule has 1 aromatic heterocycles. The largest absolute Gasteiger partial charge is 0.346 e. The highest BCUT2D eigenvalue weighted by molar-refractivity contribution is 6.15. The number of ketones is 1. The second kappa shape index (κ2) is 8.95. The molecule has 0 saturated heterocycles. The number of benzene rings is 2. The molecule has 0 atom stereocenters. The summed E-state index contributed by atoms with van der Waals surface area (Å²) in [4.78, 5) is 24.3. The number of hydrogen-bond acceptors (Lipinski definition) is 2. The van der Waals surface area contributed by atoms with Crippen molar-refractivity contribution in [3.8, 4) is 11.3 Å². The van der Waals surface area contributed by atoms with Crippen LogP contribution >= 0.6 is 0 Å². The van der Waals surface area contributed by atoms with Gasteiger partial charge in [0.25, 0.3) is 0 Å². The molecule has 0 N–H and O–H groups in total. The Morgan fingerprint density at radius 2 is 1.67 bits per heavy atom. The number of aromatic nitrogens is 1. The number of allylic oxidation sites excluding steroid dienone is 1. The Kier molecular flexibility index (Phi) is 6.16. The van der Waals surface area contributed by atoms with E-state index in [1.54, 1.807) is 6.08 Å². The molecule has 3 rings (SSSR count). The normalized spacial score (nSPS) is 11.0. The third-order valence-corrected chi connectivity index (χ3v) is 4.52. The highest BCUT2D eigenvalue weighted by Gasteiger charge is 2.22. The first-order chi connectivity index (χ1) is 13.3. The van der Waals surface area contributed by atoms with E-state index in [2.05, 4.69) is 11.5 Å². The fourth-order valence-electron chi connectivity index (χ4n) is 3.23. The summed E-state index contributed by atoms with van der Waals surface area (Å²) in [6, 6.07) is 19.2. The molecule has 0 radical (unpaired) electrons. The number of hydrogen-bond donors (Lipinski definition) is 0. The topological polar surface area (TPSA) is 39.1 Å². The fourth-order valence-corrected chi connectivity index (χ4v) is 3.23. The summed E-state index contributed by atoms with van der Waals surface area (Å²) in [6.07, 6.45) is 7.96. The monoisotopic (exact) mass is 357 g/mol. The maximum atomic E-state index is 13.4. The minimum atomic E-state index is -0.0322. The number of aryl methyl sites for hydroxylation is 1. The molecule has 0 amide bonds. The summed E-state index contributed by atoms with van der Waals surface area (Å²) in [7, 11) is 0. The highest BCUT2D eigenvalue weighted by atomic mass is 16.1. The Bertz CT molecular complexity index is 937. The van der Waals surface area contributed by atoms with Gasteiger partial charge in [-0.1, -0.05) is 74.0 Å². The number of rotatable bonds is 8. The van der Waals surface area contributed by atoms with E-state index >= 15 is 0 Å². The Hall–Kier alpha value is -3.20. The van der Waals surface area contributed by atoms with Crippen LogP contribution in [0, 0.1) is 0 Å². The molecular formula is C24H23NO2. The SMILES string of the molecule is CCCCn1cc(/C=C/C=O)c(C(=O)c2ccccc2)c1-c1ccccc1. The molecule has 0 saturated carbocycles. The van der Waals surface area contributed by atoms with Crippen LogP contribution in [0.4, 0.5) is 0 Å². The summed E-state index contributed by atoms with van der Waals surface area (Å²) >= 11 is 0. The Morgan fingerprint density at radius 3 is 2.30 bits per heavy atom. The van der Waals surface area contributed by atoms with Crippen molar-refractivity contribution in [2.75, 3.05) is 0 Å². The molecule has 27 heavy (non-hydrogen) atoms. The Labute approximate surface area is 160 Å². The standard InChI is InChI=1S/C24H23NO2/c1-2-3-16-25-18-21(15-10-17-26)22(23(25)19-11-6-4-7-12-19)24(27)20-13-8-5-9-14-20/h4-15,17-18H,2-3,16H2,1H3/b15-10+. The summed E-state index contributed by atoms with van der Waals surface area (Å²) in [5.41, 5.74) is 3.96. The minimum Gasteiger partial charge on any atom is -0.346 e. The lowest BCUT2D eigenvalue weighted by atomic mass is 9.96. The highest BCUT2D eigenvalue weighted by Crippen LogP contribution is 2.32. The van der Waals surface area contributed by atoms with Gasteiger partial charge in [0.05, 0.1) is 11.3 Å². The van der Waals surface area contributed by atoms with Crippen molar-refractivity contribution in [3.63, 3.8) is 0 Å². The van der Waals surface area contributed by atoms with Crippen molar-refractivity contribution < 1.29 is 9.59 Å². The van der Waals surface area contributed by atoms with E-state index in [1.807, 2.05) is 66.9 Å². The number of carbonyl (C=O) groups excluding carboxylic acids is 2. The average molecular weight is 357 g/mol. The second-order valence-electron chi connectivity index (χ2n) is 6.41. The molecule has 0 aliphatic rings. The Morgan fingerprint density at radius 1 is 1.00 bits per heavy atom. The van der Waals surface area contributed by atoms with Crippen molar-refractivity contribution in [1.29, 1.82) is 0 Å². The zero-order valence-electron chi connectivity index (χ0n) is 15.5. The van der Waals surface area contributed by atoms with E-state index in [0.29, 0.717) is 11.1 Å². The predicted octanol–water partition coefficient (Wildman–Crippen LogP) is 5.40. The number of nitrogens with zero attached hydrogens (tertiary/aromatic N) is 1.